The number of fused-ring (bicyclic) bond motifs is 1. The first-order valence-corrected chi connectivity index (χ1v) is 10.6. The van der Waals surface area contributed by atoms with E-state index in [0.717, 1.165) is 40.2 Å². The molecule has 0 aliphatic heterocycles. The van der Waals surface area contributed by atoms with Gasteiger partial charge in [-0.2, -0.15) is 15.3 Å². The van der Waals surface area contributed by atoms with Crippen LogP contribution < -0.4 is 5.32 Å². The lowest BCUT2D eigenvalue weighted by atomic mass is 10.1. The molecular weight excluding hydrogens is 448 g/mol. The summed E-state index contributed by atoms with van der Waals surface area (Å²) in [5, 5.41) is 16.5. The highest BCUT2D eigenvalue weighted by atomic mass is 79.9. The fraction of sp³-hybridized carbons (Fsp3) is 0.350. The van der Waals surface area contributed by atoms with Crippen LogP contribution in [0.15, 0.2) is 35.2 Å². The van der Waals surface area contributed by atoms with E-state index >= 15 is 0 Å². The summed E-state index contributed by atoms with van der Waals surface area (Å²) in [5.74, 6) is -0.263. The Kier molecular flexibility index (Phi) is 5.42. The van der Waals surface area contributed by atoms with Crippen molar-refractivity contribution < 1.29 is 4.79 Å². The number of hydrogen-bond donors (Lipinski definition) is 1. The smallest absolute Gasteiger partial charge is 0.272 e. The summed E-state index contributed by atoms with van der Waals surface area (Å²) in [5.41, 5.74) is 4.27. The van der Waals surface area contributed by atoms with Crippen LogP contribution in [-0.4, -0.2) is 40.1 Å². The number of carbonyl (C=O) groups is 1. The van der Waals surface area contributed by atoms with Crippen molar-refractivity contribution in [2.45, 2.75) is 46.8 Å². The number of amides is 1. The van der Waals surface area contributed by atoms with Gasteiger partial charge in [-0.15, -0.1) is 0 Å². The monoisotopic (exact) mass is 470 g/mol. The van der Waals surface area contributed by atoms with Crippen molar-refractivity contribution in [3.63, 3.8) is 0 Å². The first-order chi connectivity index (χ1) is 14.4. The minimum Gasteiger partial charge on any atom is -0.344 e. The van der Waals surface area contributed by atoms with Crippen molar-refractivity contribution >= 4 is 27.5 Å². The molecule has 0 saturated heterocycles. The molecule has 0 fully saturated rings. The number of aromatic nitrogens is 7. The Labute approximate surface area is 182 Å². The lowest BCUT2D eigenvalue weighted by molar-refractivity contribution is 0.0934. The van der Waals surface area contributed by atoms with Crippen LogP contribution >= 0.6 is 15.9 Å². The molecule has 4 rings (SSSR count). The van der Waals surface area contributed by atoms with E-state index in [9.17, 15) is 4.79 Å². The number of carbonyl (C=O) groups excluding carboxylic acids is 1. The Hall–Kier alpha value is -3.01. The topological polar surface area (TPSA) is 94.9 Å². The van der Waals surface area contributed by atoms with Gasteiger partial charge in [-0.25, -0.2) is 9.50 Å². The molecule has 4 heterocycles. The molecule has 1 N–H and O–H groups in total. The van der Waals surface area contributed by atoms with Crippen LogP contribution in [0.1, 0.15) is 48.6 Å². The second-order valence-corrected chi connectivity index (χ2v) is 7.89. The van der Waals surface area contributed by atoms with Crippen molar-refractivity contribution in [1.29, 1.82) is 0 Å². The predicted molar refractivity (Wildman–Crippen MR) is 116 cm³/mol. The first kappa shape index (κ1) is 20.3. The van der Waals surface area contributed by atoms with Crippen molar-refractivity contribution in [2.75, 3.05) is 0 Å². The summed E-state index contributed by atoms with van der Waals surface area (Å²) in [6.07, 6.45) is 5.57. The van der Waals surface area contributed by atoms with Crippen molar-refractivity contribution in [3.05, 3.63) is 52.1 Å². The number of nitrogens with one attached hydrogen (secondary N) is 1. The summed E-state index contributed by atoms with van der Waals surface area (Å²) in [6, 6.07) is 3.32. The van der Waals surface area contributed by atoms with E-state index in [0.29, 0.717) is 11.3 Å². The summed E-state index contributed by atoms with van der Waals surface area (Å²) in [4.78, 5) is 17.2. The molecular formula is C20H23BrN8O. The zero-order valence-corrected chi connectivity index (χ0v) is 18.9. The van der Waals surface area contributed by atoms with Gasteiger partial charge in [-0.3, -0.25) is 14.2 Å². The number of aryl methyl sites for hydroxylation is 3. The number of nitrogens with zero attached hydrogens (tertiary/aromatic N) is 7. The molecule has 156 valence electrons. The molecule has 0 saturated carbocycles. The summed E-state index contributed by atoms with van der Waals surface area (Å²) in [7, 11) is 0. The predicted octanol–water partition coefficient (Wildman–Crippen LogP) is 3.39. The molecule has 0 aromatic carbocycles. The number of halogens is 1. The van der Waals surface area contributed by atoms with Gasteiger partial charge in [0.2, 0.25) is 0 Å². The second-order valence-electron chi connectivity index (χ2n) is 7.03. The Morgan fingerprint density at radius 3 is 2.57 bits per heavy atom. The molecule has 0 aliphatic rings. The summed E-state index contributed by atoms with van der Waals surface area (Å²) >= 11 is 3.56. The maximum Gasteiger partial charge on any atom is 0.272 e. The maximum absolute atomic E-state index is 12.9. The zero-order chi connectivity index (χ0) is 21.4. The molecule has 0 spiro atoms. The van der Waals surface area contributed by atoms with Crippen molar-refractivity contribution in [1.82, 2.24) is 39.5 Å². The molecule has 0 radical (unpaired) electrons. The van der Waals surface area contributed by atoms with E-state index in [4.69, 9.17) is 0 Å². The van der Waals surface area contributed by atoms with Gasteiger partial charge in [0.05, 0.1) is 21.9 Å². The quantitative estimate of drug-likeness (QED) is 0.465. The van der Waals surface area contributed by atoms with Crippen LogP contribution in [0, 0.1) is 6.92 Å². The van der Waals surface area contributed by atoms with Gasteiger partial charge in [0.15, 0.2) is 11.3 Å². The molecule has 9 nitrogen and oxygen atoms in total. The van der Waals surface area contributed by atoms with Crippen molar-refractivity contribution in [2.24, 2.45) is 0 Å². The molecule has 30 heavy (non-hydrogen) atoms. The van der Waals surface area contributed by atoms with Crippen LogP contribution in [0.3, 0.4) is 0 Å². The zero-order valence-electron chi connectivity index (χ0n) is 17.3. The Balaban J connectivity index is 1.64. The van der Waals surface area contributed by atoms with Gasteiger partial charge >= 0.3 is 0 Å². The van der Waals surface area contributed by atoms with Crippen LogP contribution in [0.2, 0.25) is 0 Å². The number of rotatable bonds is 6. The van der Waals surface area contributed by atoms with Crippen LogP contribution in [0.4, 0.5) is 0 Å². The van der Waals surface area contributed by atoms with Crippen LogP contribution in [0.5, 0.6) is 0 Å². The highest BCUT2D eigenvalue weighted by Crippen LogP contribution is 2.27. The third kappa shape index (κ3) is 3.62. The molecule has 0 bridgehead atoms. The van der Waals surface area contributed by atoms with Gasteiger partial charge in [0, 0.05) is 43.3 Å². The van der Waals surface area contributed by atoms with E-state index in [1.165, 1.54) is 0 Å². The minimum atomic E-state index is -0.263. The van der Waals surface area contributed by atoms with E-state index in [-0.39, 0.29) is 11.9 Å². The summed E-state index contributed by atoms with van der Waals surface area (Å²) in [6.45, 7) is 9.48. The van der Waals surface area contributed by atoms with Gasteiger partial charge < -0.3 is 5.32 Å². The molecule has 10 heteroatoms. The third-order valence-electron chi connectivity index (χ3n) is 5.00. The van der Waals surface area contributed by atoms with E-state index < -0.39 is 0 Å². The maximum atomic E-state index is 12.9. The van der Waals surface area contributed by atoms with Gasteiger partial charge in [0.25, 0.3) is 5.91 Å². The van der Waals surface area contributed by atoms with E-state index in [1.807, 2.05) is 55.5 Å². The number of hydrogen-bond acceptors (Lipinski definition) is 5. The fourth-order valence-electron chi connectivity index (χ4n) is 3.39. The lowest BCUT2D eigenvalue weighted by Crippen LogP contribution is -2.27. The Morgan fingerprint density at radius 1 is 1.17 bits per heavy atom. The Morgan fingerprint density at radius 2 is 1.90 bits per heavy atom. The van der Waals surface area contributed by atoms with Crippen LogP contribution in [0.25, 0.3) is 17.0 Å². The molecule has 4 aromatic rings. The SMILES string of the molecule is CCn1cc(C(C)NC(=O)c2cc3nccc(-c4nn(CC)cc4Br)n3n2)c(C)n1. The molecule has 1 amide bonds. The standard InChI is InChI=1S/C20H23BrN8O/c1-5-27-10-14(13(4)24-27)12(3)23-20(30)16-9-18-22-8-7-17(29(18)25-16)19-15(21)11-28(6-2)26-19/h7-12H,5-6H2,1-4H3,(H,23,30). The minimum absolute atomic E-state index is 0.190. The lowest BCUT2D eigenvalue weighted by Gasteiger charge is -2.11. The molecule has 1 atom stereocenters. The van der Waals surface area contributed by atoms with Crippen molar-refractivity contribution in [3.8, 4) is 11.4 Å². The van der Waals surface area contributed by atoms with Gasteiger partial charge in [-0.1, -0.05) is 0 Å². The largest absolute Gasteiger partial charge is 0.344 e. The second kappa shape index (κ2) is 8.02. The molecule has 4 aromatic heterocycles. The average Bonchev–Trinajstić information content (AvgIpc) is 3.43. The van der Waals surface area contributed by atoms with E-state index in [2.05, 4.69) is 41.5 Å². The summed E-state index contributed by atoms with van der Waals surface area (Å²) < 4.78 is 6.20. The van der Waals surface area contributed by atoms with E-state index in [1.54, 1.807) is 16.8 Å². The highest BCUT2D eigenvalue weighted by Gasteiger charge is 2.20. The molecule has 1 unspecified atom stereocenters. The normalized spacial score (nSPS) is 12.4. The third-order valence-corrected chi connectivity index (χ3v) is 5.58. The Bertz CT molecular complexity index is 1220. The van der Waals surface area contributed by atoms with Crippen LogP contribution in [-0.2, 0) is 13.1 Å². The highest BCUT2D eigenvalue weighted by molar-refractivity contribution is 9.10. The molecule has 0 aliphatic carbocycles. The first-order valence-electron chi connectivity index (χ1n) is 9.84. The average molecular weight is 471 g/mol. The fourth-order valence-corrected chi connectivity index (χ4v) is 3.91. The van der Waals surface area contributed by atoms with Gasteiger partial charge in [0.1, 0.15) is 5.69 Å². The van der Waals surface area contributed by atoms with Gasteiger partial charge in [-0.05, 0) is 49.7 Å².